The summed E-state index contributed by atoms with van der Waals surface area (Å²) in [7, 11) is -3.49. The summed E-state index contributed by atoms with van der Waals surface area (Å²) < 4.78 is 15.0. The molecule has 6 nitrogen and oxygen atoms in total. The number of rotatable bonds is 3. The van der Waals surface area contributed by atoms with E-state index in [9.17, 15) is 14.3 Å². The minimum Gasteiger partial charge on any atom is -0.772 e. The molecule has 0 heterocycles. The van der Waals surface area contributed by atoms with Crippen molar-refractivity contribution in [3.8, 4) is 0 Å². The smallest absolute Gasteiger partial charge is 0.295 e. The maximum Gasteiger partial charge on any atom is 0.295 e. The van der Waals surface area contributed by atoms with Gasteiger partial charge in [-0.05, 0) is 12.1 Å². The van der Waals surface area contributed by atoms with Crippen LogP contribution in [-0.4, -0.2) is 12.8 Å². The molecule has 0 bridgehead atoms. The van der Waals surface area contributed by atoms with Crippen molar-refractivity contribution >= 4 is 18.9 Å². The van der Waals surface area contributed by atoms with E-state index in [1.807, 2.05) is 0 Å². The molecule has 1 rings (SSSR count). The van der Waals surface area contributed by atoms with Gasteiger partial charge in [-0.3, -0.25) is 9.36 Å². The average Bonchev–Trinajstić information content (AvgIpc) is 2.19. The summed E-state index contributed by atoms with van der Waals surface area (Å²) in [5.74, 6) is 0. The van der Waals surface area contributed by atoms with E-state index in [-0.39, 0.29) is 6.15 Å². The molecule has 1 aromatic carbocycles. The lowest BCUT2D eigenvalue weighted by Crippen LogP contribution is -2.18. The maximum atomic E-state index is 11.1. The summed E-state index contributed by atoms with van der Waals surface area (Å²) in [6, 6.07) is 8.26. The number of quaternary nitrogens is 1. The molecule has 5 N–H and O–H groups in total. The van der Waals surface area contributed by atoms with E-state index in [0.717, 1.165) is 7.11 Å². The highest BCUT2D eigenvalue weighted by Crippen LogP contribution is 2.37. The number of amides is 1. The molecule has 1 amide bonds. The van der Waals surface area contributed by atoms with Crippen LogP contribution in [0.3, 0.4) is 0 Å². The van der Waals surface area contributed by atoms with Crippen LogP contribution in [0.4, 0.5) is 10.5 Å². The van der Waals surface area contributed by atoms with E-state index in [1.165, 1.54) is 0 Å². The molecule has 0 aliphatic carbocycles. The van der Waals surface area contributed by atoms with E-state index < -0.39 is 13.2 Å². The number of para-hydroxylation sites is 1. The minimum absolute atomic E-state index is 0. The first-order valence-corrected chi connectivity index (χ1v) is 5.34. The van der Waals surface area contributed by atoms with Gasteiger partial charge in [0.05, 0.1) is 0 Å². The van der Waals surface area contributed by atoms with Crippen molar-refractivity contribution < 1.29 is 18.8 Å². The third-order valence-corrected chi connectivity index (χ3v) is 2.60. The number of benzene rings is 1. The summed E-state index contributed by atoms with van der Waals surface area (Å²) in [4.78, 5) is 22.0. The lowest BCUT2D eigenvalue weighted by Gasteiger charge is -2.19. The Morgan fingerprint density at radius 1 is 1.40 bits per heavy atom. The molecule has 0 aliphatic heterocycles. The highest BCUT2D eigenvalue weighted by Gasteiger charge is 2.17. The molecule has 84 valence electrons. The van der Waals surface area contributed by atoms with Gasteiger partial charge >= 0.3 is 0 Å². The fourth-order valence-corrected chi connectivity index (χ4v) is 1.23. The van der Waals surface area contributed by atoms with E-state index in [0.29, 0.717) is 5.69 Å². The molecule has 0 fully saturated rings. The summed E-state index contributed by atoms with van der Waals surface area (Å²) >= 11 is 0. The van der Waals surface area contributed by atoms with Crippen LogP contribution in [0.5, 0.6) is 0 Å². The van der Waals surface area contributed by atoms with Crippen molar-refractivity contribution in [1.29, 1.82) is 0 Å². The Labute approximate surface area is 87.4 Å². The quantitative estimate of drug-likeness (QED) is 0.772. The van der Waals surface area contributed by atoms with E-state index >= 15 is 0 Å². The van der Waals surface area contributed by atoms with Gasteiger partial charge in [-0.1, -0.05) is 18.2 Å². The first kappa shape index (κ1) is 13.8. The zero-order valence-corrected chi connectivity index (χ0v) is 9.36. The molecule has 1 unspecified atom stereocenters. The number of hydrogen-bond donors (Lipinski definition) is 2. The second-order valence-corrected chi connectivity index (χ2v) is 4.24. The monoisotopic (exact) mass is 232 g/mol. The highest BCUT2D eigenvalue weighted by molar-refractivity contribution is 7.70. The third kappa shape index (κ3) is 3.81. The molecule has 0 saturated heterocycles. The SMILES string of the molecule is COP(=O)([O-])C(=O)Nc1ccccc1.[NH4+]. The second kappa shape index (κ2) is 5.63. The number of carbonyl (C=O) groups excluding carboxylic acids is 1. The van der Waals surface area contributed by atoms with Gasteiger partial charge in [-0.2, -0.15) is 0 Å². The summed E-state index contributed by atoms with van der Waals surface area (Å²) in [6.45, 7) is 0. The zero-order chi connectivity index (χ0) is 10.6. The molecule has 15 heavy (non-hydrogen) atoms. The van der Waals surface area contributed by atoms with E-state index in [2.05, 4.69) is 9.84 Å². The van der Waals surface area contributed by atoms with Crippen LogP contribution in [0.2, 0.25) is 0 Å². The van der Waals surface area contributed by atoms with Gasteiger partial charge in [0.1, 0.15) is 0 Å². The summed E-state index contributed by atoms with van der Waals surface area (Å²) in [5.41, 5.74) is -0.739. The van der Waals surface area contributed by atoms with Crippen LogP contribution in [0.1, 0.15) is 0 Å². The van der Waals surface area contributed by atoms with Crippen molar-refractivity contribution in [1.82, 2.24) is 6.15 Å². The molecule has 0 spiro atoms. The maximum absolute atomic E-state index is 11.1. The first-order valence-electron chi connectivity index (χ1n) is 3.79. The Bertz CT molecular complexity index is 368. The van der Waals surface area contributed by atoms with E-state index in [4.69, 9.17) is 0 Å². The van der Waals surface area contributed by atoms with Gasteiger partial charge in [0, 0.05) is 12.8 Å². The molecule has 0 saturated carbocycles. The van der Waals surface area contributed by atoms with Gasteiger partial charge < -0.3 is 20.9 Å². The Morgan fingerprint density at radius 3 is 2.40 bits per heavy atom. The molecule has 1 aromatic rings. The van der Waals surface area contributed by atoms with Crippen LogP contribution in [-0.2, 0) is 9.09 Å². The van der Waals surface area contributed by atoms with Gasteiger partial charge in [0.2, 0.25) is 7.60 Å². The number of anilines is 1. The number of carbonyl (C=O) groups is 1. The van der Waals surface area contributed by atoms with Crippen molar-refractivity contribution in [2.24, 2.45) is 0 Å². The fourth-order valence-electron chi connectivity index (χ4n) is 0.796. The lowest BCUT2D eigenvalue weighted by molar-refractivity contribution is -0.191. The van der Waals surface area contributed by atoms with Crippen LogP contribution in [0.15, 0.2) is 30.3 Å². The highest BCUT2D eigenvalue weighted by atomic mass is 31.2. The molecule has 0 aliphatic rings. The molecule has 0 aromatic heterocycles. The molecule has 1 atom stereocenters. The molecular formula is C8H13N2O4P. The van der Waals surface area contributed by atoms with Crippen molar-refractivity contribution in [3.63, 3.8) is 0 Å². The van der Waals surface area contributed by atoms with Crippen molar-refractivity contribution in [3.05, 3.63) is 30.3 Å². The number of hydrogen-bond acceptors (Lipinski definition) is 4. The normalized spacial score (nSPS) is 13.5. The Hall–Kier alpha value is -1.20. The van der Waals surface area contributed by atoms with Crippen LogP contribution in [0, 0.1) is 0 Å². The van der Waals surface area contributed by atoms with Gasteiger partial charge in [0.25, 0.3) is 5.65 Å². The Morgan fingerprint density at radius 2 is 1.93 bits per heavy atom. The van der Waals surface area contributed by atoms with Crippen LogP contribution >= 0.6 is 7.60 Å². The largest absolute Gasteiger partial charge is 0.772 e. The van der Waals surface area contributed by atoms with E-state index in [1.54, 1.807) is 30.3 Å². The Kier molecular flexibility index (Phi) is 5.18. The minimum atomic E-state index is -4.43. The fraction of sp³-hybridized carbons (Fsp3) is 0.125. The summed E-state index contributed by atoms with van der Waals surface area (Å²) in [5, 5.41) is 2.19. The zero-order valence-electron chi connectivity index (χ0n) is 8.47. The predicted octanol–water partition coefficient (Wildman–Crippen LogP) is 1.79. The standard InChI is InChI=1S/C8H10NO4P.H3N/c1-13-14(11,12)8(10)9-7-5-3-2-4-6-7;/h2-6H,1H3,(H,9,10)(H,11,12);1H3. The first-order chi connectivity index (χ1) is 6.56. The summed E-state index contributed by atoms with van der Waals surface area (Å²) in [6.07, 6.45) is 0. The Balaban J connectivity index is 0.00000196. The lowest BCUT2D eigenvalue weighted by atomic mass is 10.3. The number of nitrogens with one attached hydrogen (secondary N) is 1. The van der Waals surface area contributed by atoms with Crippen molar-refractivity contribution in [2.75, 3.05) is 12.4 Å². The molecule has 0 radical (unpaired) electrons. The van der Waals surface area contributed by atoms with Crippen molar-refractivity contribution in [2.45, 2.75) is 0 Å². The van der Waals surface area contributed by atoms with Gasteiger partial charge in [-0.25, -0.2) is 0 Å². The predicted molar refractivity (Wildman–Crippen MR) is 56.1 cm³/mol. The third-order valence-electron chi connectivity index (χ3n) is 1.51. The molecule has 7 heteroatoms. The molecular weight excluding hydrogens is 219 g/mol. The van der Waals surface area contributed by atoms with Crippen LogP contribution in [0.25, 0.3) is 0 Å². The van der Waals surface area contributed by atoms with Gasteiger partial charge in [0.15, 0.2) is 0 Å². The second-order valence-electron chi connectivity index (χ2n) is 2.48. The van der Waals surface area contributed by atoms with Gasteiger partial charge in [-0.15, -0.1) is 0 Å². The van der Waals surface area contributed by atoms with Crippen LogP contribution < -0.4 is 16.4 Å². The topological polar surface area (TPSA) is 115 Å². The average molecular weight is 232 g/mol.